The molecule has 3 aromatic rings. The van der Waals surface area contributed by atoms with Crippen LogP contribution in [0.4, 0.5) is 4.79 Å². The van der Waals surface area contributed by atoms with E-state index in [9.17, 15) is 0 Å². The van der Waals surface area contributed by atoms with Crippen molar-refractivity contribution in [1.82, 2.24) is 0 Å². The molecule has 59 heavy (non-hydrogen) atoms. The van der Waals surface area contributed by atoms with Gasteiger partial charge in [0, 0.05) is 22.3 Å². The lowest BCUT2D eigenvalue weighted by Crippen LogP contribution is -2.17. The number of hydrogen-bond donors (Lipinski definition) is 1. The number of hydrogen-bond acceptors (Lipinski definition) is 2. The normalized spacial score (nSPS) is 11.2. The first kappa shape index (κ1) is 52.4. The van der Waals surface area contributed by atoms with Crippen LogP contribution in [0.25, 0.3) is 0 Å². The van der Waals surface area contributed by atoms with Gasteiger partial charge in [-0.25, -0.2) is 0 Å². The Balaban J connectivity index is 0.00000286. The molecule has 0 spiro atoms. The van der Waals surface area contributed by atoms with Gasteiger partial charge in [-0.05, 0) is 100 Å². The van der Waals surface area contributed by atoms with Gasteiger partial charge in [0.25, 0.3) is 0 Å². The van der Waals surface area contributed by atoms with Crippen molar-refractivity contribution in [2.45, 2.75) is 249 Å². The van der Waals surface area contributed by atoms with E-state index in [1.165, 1.54) is 193 Å². The first-order valence-electron chi connectivity index (χ1n) is 24.8. The van der Waals surface area contributed by atoms with Gasteiger partial charge in [0.05, 0.1) is 0 Å². The van der Waals surface area contributed by atoms with Gasteiger partial charge in [-0.1, -0.05) is 200 Å². The van der Waals surface area contributed by atoms with Crippen LogP contribution in [0.15, 0.2) is 69.3 Å². The second-order valence-electron chi connectivity index (χ2n) is 17.2. The summed E-state index contributed by atoms with van der Waals surface area (Å²) in [5.41, 5.74) is 10.0. The average Bonchev–Trinajstić information content (AvgIpc) is 3.23. The molecule has 0 aromatic heterocycles. The van der Waals surface area contributed by atoms with Crippen molar-refractivity contribution in [3.05, 3.63) is 88.0 Å². The van der Waals surface area contributed by atoms with Gasteiger partial charge in [-0.15, -0.1) is 0 Å². The number of unbranched alkanes of at least 4 members (excludes halogenated alkanes) is 18. The van der Waals surface area contributed by atoms with Crippen molar-refractivity contribution in [3.63, 3.8) is 0 Å². The summed E-state index contributed by atoms with van der Waals surface area (Å²) < 4.78 is 0. The molecule has 0 aliphatic heterocycles. The third-order valence-corrected chi connectivity index (χ3v) is 14.4. The molecule has 0 radical (unpaired) electrons. The zero-order chi connectivity index (χ0) is 42.9. The summed E-state index contributed by atoms with van der Waals surface area (Å²) in [6, 6.07) is 22.9. The summed E-state index contributed by atoms with van der Waals surface area (Å²) in [6.45, 7) is 14.1. The Kier molecular flexibility index (Phi) is 30.1. The van der Waals surface area contributed by atoms with Crippen molar-refractivity contribution in [1.29, 1.82) is 0 Å². The second kappa shape index (κ2) is 33.9. The van der Waals surface area contributed by atoms with E-state index in [0.29, 0.717) is 0 Å². The van der Waals surface area contributed by atoms with E-state index in [0.717, 1.165) is 0 Å². The molecule has 0 fully saturated rings. The smallest absolute Gasteiger partial charge is 0.249 e. The third-order valence-electron chi connectivity index (χ3n) is 11.8. The first-order chi connectivity index (χ1) is 28.8. The van der Waals surface area contributed by atoms with Crippen LogP contribution in [0, 0.1) is 0 Å². The highest BCUT2D eigenvalue weighted by Gasteiger charge is 2.38. The predicted octanol–water partition coefficient (Wildman–Crippen LogP) is 16.4. The van der Waals surface area contributed by atoms with Crippen molar-refractivity contribution < 1.29 is 15.0 Å². The molecule has 0 saturated heterocycles. The maximum Gasteiger partial charge on any atom is 0.249 e. The quantitative estimate of drug-likeness (QED) is 0.0491. The van der Waals surface area contributed by atoms with Gasteiger partial charge in [-0.3, -0.25) is 0 Å². The molecular formula is C55H88O3S. The van der Waals surface area contributed by atoms with E-state index in [-0.39, 0.29) is 10.9 Å². The number of aryl methyl sites for hydroxylation is 6. The highest BCUT2D eigenvalue weighted by molar-refractivity contribution is 7.97. The molecule has 0 aliphatic carbocycles. The summed E-state index contributed by atoms with van der Waals surface area (Å²) >= 11 is 0. The Labute approximate surface area is 367 Å². The minimum Gasteiger partial charge on any atom is -0.565 e. The molecular weight excluding hydrogens is 741 g/mol. The maximum absolute atomic E-state index is 8.44. The predicted molar refractivity (Wildman–Crippen MR) is 257 cm³/mol. The number of rotatable bonds is 33. The van der Waals surface area contributed by atoms with Crippen LogP contribution < -0.4 is 5.11 Å². The fourth-order valence-corrected chi connectivity index (χ4v) is 11.4. The topological polar surface area (TPSA) is 60.4 Å². The van der Waals surface area contributed by atoms with Crippen LogP contribution in [0.3, 0.4) is 0 Å². The van der Waals surface area contributed by atoms with E-state index in [2.05, 4.69) is 96.1 Å². The molecule has 0 aliphatic rings. The summed E-state index contributed by atoms with van der Waals surface area (Å²) in [6.07, 6.45) is 37.2. The molecule has 3 aromatic carbocycles. The van der Waals surface area contributed by atoms with Gasteiger partial charge in [0.1, 0.15) is 10.9 Å². The molecule has 0 heterocycles. The SMILES string of the molecule is CCCCCCc1cc(CCCCCC)c([S+](c2ccccc2)c2c(CCCCCC)cc(CCCCCC)cc2CCCCCC)c(CCCCCC)c1.O=C([O-])O. The standard InChI is InChI=1S/C54H87S.CH2O3/c1-7-13-19-26-34-46-42-48(36-28-21-15-9-3)53(49(43-46)37-29-22-16-10-4)55(52-40-32-25-33-41-52)54-50(38-30-23-17-11-5)44-47(35-27-20-14-8-2)45-51(54)39-31-24-18-12-6;2-1(3)4/h25,32-33,40-45H,7-24,26-31,34-39H2,1-6H3;(H2,2,3,4)/q+1;/p-1. The summed E-state index contributed by atoms with van der Waals surface area (Å²) in [7, 11) is -0.124. The minimum absolute atomic E-state index is 0.124. The van der Waals surface area contributed by atoms with E-state index in [1.54, 1.807) is 48.1 Å². The van der Waals surface area contributed by atoms with Crippen LogP contribution >= 0.6 is 0 Å². The van der Waals surface area contributed by atoms with Crippen LogP contribution in [0.1, 0.15) is 229 Å². The van der Waals surface area contributed by atoms with Gasteiger partial charge in [0.15, 0.2) is 14.7 Å². The van der Waals surface area contributed by atoms with E-state index in [1.807, 2.05) is 0 Å². The molecule has 0 saturated carbocycles. The fourth-order valence-electron chi connectivity index (χ4n) is 8.58. The van der Waals surface area contributed by atoms with E-state index < -0.39 is 6.16 Å². The number of carbonyl (C=O) groups is 1. The second-order valence-corrected chi connectivity index (χ2v) is 19.1. The lowest BCUT2D eigenvalue weighted by Gasteiger charge is -2.22. The maximum atomic E-state index is 8.44. The summed E-state index contributed by atoms with van der Waals surface area (Å²) in [4.78, 5) is 13.5. The summed E-state index contributed by atoms with van der Waals surface area (Å²) in [5, 5.41) is 15.3. The highest BCUT2D eigenvalue weighted by atomic mass is 32.2. The lowest BCUT2D eigenvalue weighted by molar-refractivity contribution is -0.275. The Bertz CT molecular complexity index is 1340. The lowest BCUT2D eigenvalue weighted by atomic mass is 9.94. The monoisotopic (exact) mass is 829 g/mol. The van der Waals surface area contributed by atoms with Crippen molar-refractivity contribution >= 4 is 17.1 Å². The Morgan fingerprint density at radius 2 is 0.678 bits per heavy atom. The van der Waals surface area contributed by atoms with Gasteiger partial charge in [-0.2, -0.15) is 0 Å². The number of carboxylic acid groups (broad SMARTS) is 2. The highest BCUT2D eigenvalue weighted by Crippen LogP contribution is 2.42. The van der Waals surface area contributed by atoms with Crippen LogP contribution in [-0.4, -0.2) is 11.3 Å². The molecule has 332 valence electrons. The van der Waals surface area contributed by atoms with Crippen molar-refractivity contribution in [2.24, 2.45) is 0 Å². The molecule has 0 atom stereocenters. The van der Waals surface area contributed by atoms with Crippen LogP contribution in [0.2, 0.25) is 0 Å². The van der Waals surface area contributed by atoms with Gasteiger partial charge in [0.2, 0.25) is 6.16 Å². The Morgan fingerprint density at radius 3 is 0.932 bits per heavy atom. The molecule has 0 amide bonds. The molecule has 0 unspecified atom stereocenters. The third kappa shape index (κ3) is 21.6. The average molecular weight is 829 g/mol. The zero-order valence-electron chi connectivity index (χ0n) is 39.1. The molecule has 0 bridgehead atoms. The molecule has 3 rings (SSSR count). The van der Waals surface area contributed by atoms with Gasteiger partial charge >= 0.3 is 0 Å². The molecule has 3 nitrogen and oxygen atoms in total. The first-order valence-corrected chi connectivity index (χ1v) is 26.1. The Hall–Kier alpha value is -2.72. The zero-order valence-corrected chi connectivity index (χ0v) is 39.9. The van der Waals surface area contributed by atoms with E-state index >= 15 is 0 Å². The van der Waals surface area contributed by atoms with E-state index in [4.69, 9.17) is 15.0 Å². The van der Waals surface area contributed by atoms with Crippen LogP contribution in [-0.2, 0) is 49.4 Å². The number of benzene rings is 3. The van der Waals surface area contributed by atoms with Crippen LogP contribution in [0.5, 0.6) is 0 Å². The van der Waals surface area contributed by atoms with Gasteiger partial charge < -0.3 is 15.0 Å². The van der Waals surface area contributed by atoms with Crippen molar-refractivity contribution in [2.75, 3.05) is 0 Å². The molecule has 4 heteroatoms. The largest absolute Gasteiger partial charge is 0.565 e. The summed E-state index contributed by atoms with van der Waals surface area (Å²) in [5.74, 6) is 0. The molecule has 1 N–H and O–H groups in total. The minimum atomic E-state index is -2.08. The van der Waals surface area contributed by atoms with Crippen molar-refractivity contribution in [3.8, 4) is 0 Å². The fraction of sp³-hybridized carbons (Fsp3) is 0.655. The Morgan fingerprint density at radius 1 is 0.424 bits per heavy atom.